The van der Waals surface area contributed by atoms with Crippen LogP contribution in [-0.2, 0) is 0 Å². The third-order valence-electron chi connectivity index (χ3n) is 5.37. The zero-order valence-electron chi connectivity index (χ0n) is 16.3. The molecule has 1 aromatic heterocycles. The van der Waals surface area contributed by atoms with Crippen molar-refractivity contribution in [3.05, 3.63) is 72.1 Å². The third kappa shape index (κ3) is 4.24. The lowest BCUT2D eigenvalue weighted by atomic mass is 9.93. The van der Waals surface area contributed by atoms with Gasteiger partial charge in [-0.3, -0.25) is 14.8 Å². The van der Waals surface area contributed by atoms with E-state index in [0.717, 1.165) is 30.8 Å². The molecule has 2 heterocycles. The molecule has 1 fully saturated rings. The highest BCUT2D eigenvalue weighted by atomic mass is 16.4. The summed E-state index contributed by atoms with van der Waals surface area (Å²) in [4.78, 5) is 20.4. The molecule has 1 aliphatic heterocycles. The molecule has 0 unspecified atom stereocenters. The molecule has 0 radical (unpaired) electrons. The van der Waals surface area contributed by atoms with E-state index in [9.17, 15) is 15.0 Å². The quantitative estimate of drug-likeness (QED) is 0.749. The molecule has 0 bridgehead atoms. The van der Waals surface area contributed by atoms with Crippen LogP contribution in [0.3, 0.4) is 0 Å². The van der Waals surface area contributed by atoms with Crippen molar-refractivity contribution in [2.24, 2.45) is 0 Å². The molecular weight excluding hydrogens is 354 g/mol. The van der Waals surface area contributed by atoms with Crippen LogP contribution in [0.15, 0.2) is 55.4 Å². The van der Waals surface area contributed by atoms with Crippen LogP contribution >= 0.6 is 0 Å². The van der Waals surface area contributed by atoms with Gasteiger partial charge in [0.1, 0.15) is 5.75 Å². The van der Waals surface area contributed by atoms with Gasteiger partial charge in [-0.2, -0.15) is 0 Å². The maximum atomic E-state index is 11.5. The number of carbonyl (C=O) groups is 1. The summed E-state index contributed by atoms with van der Waals surface area (Å²) in [7, 11) is 0. The molecule has 2 aromatic rings. The number of hydrogen-bond donors (Lipinski definition) is 2. The Morgan fingerprint density at radius 3 is 2.71 bits per heavy atom. The molecule has 148 valence electrons. The molecule has 1 aliphatic rings. The second kappa shape index (κ2) is 8.54. The highest BCUT2D eigenvalue weighted by Gasteiger charge is 2.34. The second-order valence-corrected chi connectivity index (χ2v) is 7.45. The number of benzene rings is 1. The van der Waals surface area contributed by atoms with E-state index in [4.69, 9.17) is 0 Å². The molecule has 1 saturated heterocycles. The Morgan fingerprint density at radius 2 is 2.04 bits per heavy atom. The minimum Gasteiger partial charge on any atom is -0.508 e. The average molecular weight is 381 g/mol. The zero-order chi connectivity index (χ0) is 20.3. The van der Waals surface area contributed by atoms with Crippen LogP contribution in [0.25, 0.3) is 0 Å². The minimum absolute atomic E-state index is 0.161. The van der Waals surface area contributed by atoms with Crippen molar-refractivity contribution >= 4 is 5.97 Å². The van der Waals surface area contributed by atoms with Crippen LogP contribution in [0.5, 0.6) is 5.75 Å². The molecule has 28 heavy (non-hydrogen) atoms. The Balaban J connectivity index is 2.03. The first-order valence-electron chi connectivity index (χ1n) is 9.48. The van der Waals surface area contributed by atoms with Gasteiger partial charge in [0.05, 0.1) is 11.6 Å². The van der Waals surface area contributed by atoms with E-state index in [-0.39, 0.29) is 23.4 Å². The Kier molecular flexibility index (Phi) is 6.11. The lowest BCUT2D eigenvalue weighted by Gasteiger charge is -2.47. The Bertz CT molecular complexity index is 854. The van der Waals surface area contributed by atoms with Crippen LogP contribution in [0.2, 0.25) is 0 Å². The van der Waals surface area contributed by atoms with Crippen LogP contribution < -0.4 is 0 Å². The molecule has 0 spiro atoms. The van der Waals surface area contributed by atoms with Crippen LogP contribution in [0.4, 0.5) is 0 Å². The van der Waals surface area contributed by atoms with Gasteiger partial charge in [-0.15, -0.1) is 6.58 Å². The summed E-state index contributed by atoms with van der Waals surface area (Å²) in [5.74, 6) is -0.808. The number of carboxylic acid groups (broad SMARTS) is 1. The third-order valence-corrected chi connectivity index (χ3v) is 5.37. The number of nitrogens with zero attached hydrogens (tertiary/aromatic N) is 3. The van der Waals surface area contributed by atoms with Crippen LogP contribution in [0, 0.1) is 0 Å². The van der Waals surface area contributed by atoms with Crippen molar-refractivity contribution in [3.8, 4) is 5.75 Å². The maximum absolute atomic E-state index is 11.5. The number of phenolic OH excluding ortho intramolecular Hbond substituents is 1. The van der Waals surface area contributed by atoms with Gasteiger partial charge >= 0.3 is 5.97 Å². The van der Waals surface area contributed by atoms with Gasteiger partial charge < -0.3 is 10.2 Å². The molecule has 6 heteroatoms. The topological polar surface area (TPSA) is 76.9 Å². The van der Waals surface area contributed by atoms with Gasteiger partial charge in [0.2, 0.25) is 0 Å². The smallest absolute Gasteiger partial charge is 0.337 e. The summed E-state index contributed by atoms with van der Waals surface area (Å²) in [6, 6.07) is 9.20. The number of aromatic nitrogens is 1. The molecule has 0 saturated carbocycles. The maximum Gasteiger partial charge on any atom is 0.337 e. The summed E-state index contributed by atoms with van der Waals surface area (Å²) in [5.41, 5.74) is 1.89. The standard InChI is InChI=1S/C22H27N3O3/c1-4-8-24-13-16(3)25(14-15(24)2)21(17-6-5-7-20(26)10-17)18-9-19(22(27)28)12-23-11-18/h4-7,9-12,15-16,21,26H,1,8,13-14H2,2-3H3,(H,27,28)/t15-,16+,21+/m1/s1. The summed E-state index contributed by atoms with van der Waals surface area (Å²) >= 11 is 0. The minimum atomic E-state index is -0.999. The number of hydrogen-bond acceptors (Lipinski definition) is 5. The predicted molar refractivity (Wildman–Crippen MR) is 109 cm³/mol. The highest BCUT2D eigenvalue weighted by Crippen LogP contribution is 2.34. The molecule has 0 amide bonds. The lowest BCUT2D eigenvalue weighted by Crippen LogP contribution is -2.57. The number of aromatic hydroxyl groups is 1. The van der Waals surface area contributed by atoms with E-state index in [2.05, 4.69) is 35.2 Å². The van der Waals surface area contributed by atoms with Crippen molar-refractivity contribution in [2.75, 3.05) is 19.6 Å². The van der Waals surface area contributed by atoms with Crippen molar-refractivity contribution < 1.29 is 15.0 Å². The SMILES string of the molecule is C=CCN1C[C@H](C)N([C@@H](c2cccc(O)c2)c2cncc(C(=O)O)c2)C[C@H]1C. The average Bonchev–Trinajstić information content (AvgIpc) is 2.66. The van der Waals surface area contributed by atoms with Gasteiger partial charge in [-0.1, -0.05) is 18.2 Å². The first-order chi connectivity index (χ1) is 13.4. The largest absolute Gasteiger partial charge is 0.508 e. The number of carboxylic acids is 1. The van der Waals surface area contributed by atoms with E-state index in [1.54, 1.807) is 24.4 Å². The van der Waals surface area contributed by atoms with E-state index < -0.39 is 5.97 Å². The zero-order valence-corrected chi connectivity index (χ0v) is 16.3. The number of pyridine rings is 1. The van der Waals surface area contributed by atoms with Crippen LogP contribution in [-0.4, -0.2) is 62.7 Å². The summed E-state index contributed by atoms with van der Waals surface area (Å²) in [5, 5.41) is 19.4. The highest BCUT2D eigenvalue weighted by molar-refractivity contribution is 5.87. The van der Waals surface area contributed by atoms with Gasteiger partial charge in [-0.05, 0) is 43.2 Å². The normalized spacial score (nSPS) is 21.9. The molecule has 2 N–H and O–H groups in total. The molecule has 3 atom stereocenters. The second-order valence-electron chi connectivity index (χ2n) is 7.45. The number of piperazine rings is 1. The van der Waals surface area contributed by atoms with E-state index in [0.29, 0.717) is 6.04 Å². The Morgan fingerprint density at radius 1 is 1.25 bits per heavy atom. The van der Waals surface area contributed by atoms with Gasteiger partial charge in [-0.25, -0.2) is 4.79 Å². The number of rotatable bonds is 6. The lowest BCUT2D eigenvalue weighted by molar-refractivity contribution is 0.0305. The van der Waals surface area contributed by atoms with E-state index in [1.165, 1.54) is 6.20 Å². The number of aromatic carboxylic acids is 1. The van der Waals surface area contributed by atoms with E-state index in [1.807, 2.05) is 18.2 Å². The Hall–Kier alpha value is -2.70. The summed E-state index contributed by atoms with van der Waals surface area (Å²) in [6.45, 7) is 10.7. The van der Waals surface area contributed by atoms with Crippen molar-refractivity contribution in [2.45, 2.75) is 32.0 Å². The first kappa shape index (κ1) is 20.0. The van der Waals surface area contributed by atoms with Gasteiger partial charge in [0.15, 0.2) is 0 Å². The molecule has 0 aliphatic carbocycles. The first-order valence-corrected chi connectivity index (χ1v) is 9.48. The molecule has 3 rings (SSSR count). The fourth-order valence-corrected chi connectivity index (χ4v) is 4.00. The Labute approximate surface area is 165 Å². The predicted octanol–water partition coefficient (Wildman–Crippen LogP) is 3.16. The van der Waals surface area contributed by atoms with Crippen molar-refractivity contribution in [1.29, 1.82) is 0 Å². The molecule has 1 aromatic carbocycles. The van der Waals surface area contributed by atoms with E-state index >= 15 is 0 Å². The van der Waals surface area contributed by atoms with Gasteiger partial charge in [0, 0.05) is 44.1 Å². The monoisotopic (exact) mass is 381 g/mol. The number of phenols is 1. The van der Waals surface area contributed by atoms with Crippen molar-refractivity contribution in [3.63, 3.8) is 0 Å². The van der Waals surface area contributed by atoms with Crippen LogP contribution in [0.1, 0.15) is 41.4 Å². The fraction of sp³-hybridized carbons (Fsp3) is 0.364. The fourth-order valence-electron chi connectivity index (χ4n) is 4.00. The van der Waals surface area contributed by atoms with Crippen molar-refractivity contribution in [1.82, 2.24) is 14.8 Å². The summed E-state index contributed by atoms with van der Waals surface area (Å²) < 4.78 is 0. The van der Waals surface area contributed by atoms with Gasteiger partial charge in [0.25, 0.3) is 0 Å². The summed E-state index contributed by atoms with van der Waals surface area (Å²) in [6.07, 6.45) is 5.00. The molecular formula is C22H27N3O3. The molecule has 6 nitrogen and oxygen atoms in total.